The van der Waals surface area contributed by atoms with E-state index in [4.69, 9.17) is 4.74 Å². The Morgan fingerprint density at radius 3 is 1.88 bits per heavy atom. The van der Waals surface area contributed by atoms with Crippen molar-refractivity contribution in [3.8, 4) is 0 Å². The summed E-state index contributed by atoms with van der Waals surface area (Å²) in [5, 5.41) is 12.2. The third-order valence-electron chi connectivity index (χ3n) is 5.39. The molecule has 1 saturated heterocycles. The van der Waals surface area contributed by atoms with Gasteiger partial charge in [-0.3, -0.25) is 9.69 Å². The number of hydrogen-bond acceptors (Lipinski definition) is 5. The summed E-state index contributed by atoms with van der Waals surface area (Å²) in [6.45, 7) is 7.17. The van der Waals surface area contributed by atoms with Crippen molar-refractivity contribution in [2.75, 3.05) is 32.8 Å². The first-order chi connectivity index (χ1) is 15.3. The molecule has 7 nitrogen and oxygen atoms in total. The van der Waals surface area contributed by atoms with E-state index in [1.807, 2.05) is 36.4 Å². The van der Waals surface area contributed by atoms with Gasteiger partial charge in [-0.2, -0.15) is 0 Å². The zero-order valence-electron chi connectivity index (χ0n) is 19.0. The second kappa shape index (κ2) is 10.6. The number of amides is 2. The van der Waals surface area contributed by atoms with Gasteiger partial charge in [0, 0.05) is 26.2 Å². The molecule has 2 aromatic rings. The molecule has 1 aliphatic rings. The smallest absolute Gasteiger partial charge is 0.408 e. The van der Waals surface area contributed by atoms with Gasteiger partial charge in [0.15, 0.2) is 0 Å². The van der Waals surface area contributed by atoms with Gasteiger partial charge in [-0.15, -0.1) is 0 Å². The first kappa shape index (κ1) is 23.8. The summed E-state index contributed by atoms with van der Waals surface area (Å²) in [6.07, 6.45) is -0.711. The molecule has 0 aromatic heterocycles. The second-order valence-electron chi connectivity index (χ2n) is 8.97. The maximum Gasteiger partial charge on any atom is 0.408 e. The topological polar surface area (TPSA) is 82.1 Å². The van der Waals surface area contributed by atoms with Crippen molar-refractivity contribution in [3.05, 3.63) is 71.8 Å². The van der Waals surface area contributed by atoms with Gasteiger partial charge < -0.3 is 20.1 Å². The molecule has 2 aromatic carbocycles. The number of aliphatic hydroxyl groups is 1. The van der Waals surface area contributed by atoms with Crippen molar-refractivity contribution >= 4 is 12.0 Å². The number of hydrogen-bond donors (Lipinski definition) is 2. The Morgan fingerprint density at radius 1 is 0.938 bits per heavy atom. The third kappa shape index (κ3) is 6.31. The number of alkyl carbamates (subject to hydrolysis) is 1. The lowest BCUT2D eigenvalue weighted by Gasteiger charge is -2.40. The number of rotatable bonds is 6. The second-order valence-corrected chi connectivity index (χ2v) is 8.97. The van der Waals surface area contributed by atoms with Gasteiger partial charge in [-0.05, 0) is 31.9 Å². The average molecular weight is 440 g/mol. The molecule has 1 aliphatic heterocycles. The van der Waals surface area contributed by atoms with Gasteiger partial charge in [-0.1, -0.05) is 60.7 Å². The fourth-order valence-electron chi connectivity index (χ4n) is 3.94. The number of nitrogens with zero attached hydrogens (tertiary/aromatic N) is 2. The maximum atomic E-state index is 12.9. The number of benzene rings is 2. The number of aliphatic hydroxyl groups excluding tert-OH is 1. The van der Waals surface area contributed by atoms with Crippen molar-refractivity contribution in [1.82, 2.24) is 15.1 Å². The summed E-state index contributed by atoms with van der Waals surface area (Å²) in [5.41, 5.74) is 1.74. The molecule has 2 N–H and O–H groups in total. The first-order valence-corrected chi connectivity index (χ1v) is 11.0. The van der Waals surface area contributed by atoms with E-state index in [-0.39, 0.29) is 11.9 Å². The number of carbonyl (C=O) groups excluding carboxylic acids is 2. The molecule has 32 heavy (non-hydrogen) atoms. The Morgan fingerprint density at radius 2 is 1.44 bits per heavy atom. The van der Waals surface area contributed by atoms with Crippen LogP contribution in [0.4, 0.5) is 4.79 Å². The zero-order valence-corrected chi connectivity index (χ0v) is 19.0. The predicted octanol–water partition coefficient (Wildman–Crippen LogP) is 2.81. The van der Waals surface area contributed by atoms with Gasteiger partial charge in [-0.25, -0.2) is 4.79 Å². The Labute approximate surface area is 190 Å². The molecule has 0 radical (unpaired) electrons. The minimum Gasteiger partial charge on any atom is -0.444 e. The van der Waals surface area contributed by atoms with Crippen LogP contribution < -0.4 is 5.32 Å². The predicted molar refractivity (Wildman–Crippen MR) is 123 cm³/mol. The van der Waals surface area contributed by atoms with E-state index in [2.05, 4.69) is 34.5 Å². The van der Waals surface area contributed by atoms with Crippen molar-refractivity contribution in [3.63, 3.8) is 0 Å². The van der Waals surface area contributed by atoms with Crippen LogP contribution in [0.5, 0.6) is 0 Å². The van der Waals surface area contributed by atoms with Crippen LogP contribution in [0.2, 0.25) is 0 Å². The van der Waals surface area contributed by atoms with E-state index in [1.54, 1.807) is 25.7 Å². The molecule has 3 rings (SSSR count). The maximum absolute atomic E-state index is 12.9. The molecule has 0 unspecified atom stereocenters. The van der Waals surface area contributed by atoms with Gasteiger partial charge >= 0.3 is 6.09 Å². The van der Waals surface area contributed by atoms with Crippen molar-refractivity contribution < 1.29 is 19.4 Å². The van der Waals surface area contributed by atoms with Crippen LogP contribution in [0.1, 0.15) is 37.9 Å². The molecule has 7 heteroatoms. The first-order valence-electron chi connectivity index (χ1n) is 11.0. The standard InChI is InChI=1S/C25H33N3O4/c1-25(2,3)32-24(31)26-21(18-29)23(30)28-16-14-27(15-17-28)22(19-10-6-4-7-11-19)20-12-8-5-9-13-20/h4-13,21-22,29H,14-18H2,1-3H3,(H,26,31)/t21-/m0/s1. The molecule has 0 spiro atoms. The molecule has 1 atom stereocenters. The Kier molecular flexibility index (Phi) is 7.88. The minimum absolute atomic E-state index is 0.100. The van der Waals surface area contributed by atoms with E-state index in [0.29, 0.717) is 26.2 Å². The van der Waals surface area contributed by atoms with E-state index in [1.165, 1.54) is 11.1 Å². The minimum atomic E-state index is -1.02. The molecule has 172 valence electrons. The van der Waals surface area contributed by atoms with Crippen LogP contribution >= 0.6 is 0 Å². The van der Waals surface area contributed by atoms with E-state index in [0.717, 1.165) is 0 Å². The fraction of sp³-hybridized carbons (Fsp3) is 0.440. The van der Waals surface area contributed by atoms with E-state index in [9.17, 15) is 14.7 Å². The van der Waals surface area contributed by atoms with Crippen molar-refractivity contribution in [2.45, 2.75) is 38.5 Å². The van der Waals surface area contributed by atoms with Crippen LogP contribution in [0, 0.1) is 0 Å². The highest BCUT2D eigenvalue weighted by Crippen LogP contribution is 2.29. The molecule has 0 bridgehead atoms. The highest BCUT2D eigenvalue weighted by molar-refractivity contribution is 5.86. The Hall–Kier alpha value is -2.90. The van der Waals surface area contributed by atoms with Crippen molar-refractivity contribution in [2.24, 2.45) is 0 Å². The lowest BCUT2D eigenvalue weighted by Crippen LogP contribution is -2.56. The number of carbonyl (C=O) groups is 2. The Balaban J connectivity index is 1.66. The molecular weight excluding hydrogens is 406 g/mol. The third-order valence-corrected chi connectivity index (χ3v) is 5.39. The molecule has 1 heterocycles. The fourth-order valence-corrected chi connectivity index (χ4v) is 3.94. The van der Waals surface area contributed by atoms with Gasteiger partial charge in [0.25, 0.3) is 0 Å². The van der Waals surface area contributed by atoms with Crippen LogP contribution in [0.25, 0.3) is 0 Å². The van der Waals surface area contributed by atoms with Gasteiger partial charge in [0.2, 0.25) is 5.91 Å². The summed E-state index contributed by atoms with van der Waals surface area (Å²) in [4.78, 5) is 29.0. The summed E-state index contributed by atoms with van der Waals surface area (Å²) in [7, 11) is 0. The summed E-state index contributed by atoms with van der Waals surface area (Å²) >= 11 is 0. The monoisotopic (exact) mass is 439 g/mol. The van der Waals surface area contributed by atoms with E-state index >= 15 is 0 Å². The quantitative estimate of drug-likeness (QED) is 0.723. The Bertz CT molecular complexity index is 836. The molecular formula is C25H33N3O4. The summed E-state index contributed by atoms with van der Waals surface area (Å²) in [5.74, 6) is -0.297. The van der Waals surface area contributed by atoms with Crippen LogP contribution in [0.3, 0.4) is 0 Å². The van der Waals surface area contributed by atoms with Crippen LogP contribution in [0.15, 0.2) is 60.7 Å². The summed E-state index contributed by atoms with van der Waals surface area (Å²) in [6, 6.07) is 19.8. The van der Waals surface area contributed by atoms with Crippen LogP contribution in [-0.2, 0) is 9.53 Å². The zero-order chi connectivity index (χ0) is 23.1. The lowest BCUT2D eigenvalue weighted by molar-refractivity contribution is -0.136. The van der Waals surface area contributed by atoms with Crippen molar-refractivity contribution in [1.29, 1.82) is 0 Å². The lowest BCUT2D eigenvalue weighted by atomic mass is 9.96. The number of piperazine rings is 1. The van der Waals surface area contributed by atoms with Gasteiger partial charge in [0.1, 0.15) is 11.6 Å². The highest BCUT2D eigenvalue weighted by atomic mass is 16.6. The average Bonchev–Trinajstić information content (AvgIpc) is 2.78. The van der Waals surface area contributed by atoms with Gasteiger partial charge in [0.05, 0.1) is 12.6 Å². The molecule has 0 aliphatic carbocycles. The van der Waals surface area contributed by atoms with E-state index < -0.39 is 24.3 Å². The van der Waals surface area contributed by atoms with Crippen LogP contribution in [-0.4, -0.2) is 71.3 Å². The largest absolute Gasteiger partial charge is 0.444 e. The highest BCUT2D eigenvalue weighted by Gasteiger charge is 2.32. The normalized spacial score (nSPS) is 16.0. The SMILES string of the molecule is CC(C)(C)OC(=O)N[C@@H](CO)C(=O)N1CCN(C(c2ccccc2)c2ccccc2)CC1. The summed E-state index contributed by atoms with van der Waals surface area (Å²) < 4.78 is 5.21. The molecule has 0 saturated carbocycles. The number of nitrogens with one attached hydrogen (secondary N) is 1. The molecule has 1 fully saturated rings. The number of ether oxygens (including phenoxy) is 1. The molecule has 2 amide bonds.